The van der Waals surface area contributed by atoms with Gasteiger partial charge in [0.2, 0.25) is 0 Å². The molecule has 0 rings (SSSR count). The predicted molar refractivity (Wildman–Crippen MR) is 57.2 cm³/mol. The highest BCUT2D eigenvalue weighted by molar-refractivity contribution is 4.76. The molecule has 0 aromatic carbocycles. The Balaban J connectivity index is 3.95. The first-order valence-corrected chi connectivity index (χ1v) is 5.18. The van der Waals surface area contributed by atoms with Crippen molar-refractivity contribution in [2.45, 2.75) is 34.1 Å². The molecule has 0 amide bonds. The molecule has 0 aromatic heterocycles. The van der Waals surface area contributed by atoms with E-state index in [0.29, 0.717) is 13.2 Å². The van der Waals surface area contributed by atoms with E-state index in [0.717, 1.165) is 6.42 Å². The smallest absolute Gasteiger partial charge is 0.0566 e. The van der Waals surface area contributed by atoms with Gasteiger partial charge >= 0.3 is 0 Å². The maximum absolute atomic E-state index is 9.17. The summed E-state index contributed by atoms with van der Waals surface area (Å²) in [4.78, 5) is 0. The van der Waals surface area contributed by atoms with Gasteiger partial charge in [-0.15, -0.1) is 0 Å². The Labute approximate surface area is 87.1 Å². The van der Waals surface area contributed by atoms with Gasteiger partial charge in [-0.25, -0.2) is 0 Å². The van der Waals surface area contributed by atoms with E-state index in [1.54, 1.807) is 0 Å². The topological polar surface area (TPSA) is 49.7 Å². The minimum atomic E-state index is -0.467. The Morgan fingerprint density at radius 1 is 1.00 bits per heavy atom. The van der Waals surface area contributed by atoms with E-state index in [1.807, 2.05) is 6.92 Å². The van der Waals surface area contributed by atoms with Crippen LogP contribution >= 0.6 is 0 Å². The predicted octanol–water partition coefficient (Wildman–Crippen LogP) is 1.43. The van der Waals surface area contributed by atoms with E-state index in [9.17, 15) is 0 Å². The minimum Gasteiger partial charge on any atom is -0.396 e. The monoisotopic (exact) mass is 204 g/mol. The summed E-state index contributed by atoms with van der Waals surface area (Å²) >= 11 is 0. The van der Waals surface area contributed by atoms with Crippen molar-refractivity contribution in [3.05, 3.63) is 0 Å². The van der Waals surface area contributed by atoms with E-state index in [1.165, 1.54) is 0 Å². The van der Waals surface area contributed by atoms with Crippen molar-refractivity contribution in [1.82, 2.24) is 0 Å². The maximum Gasteiger partial charge on any atom is 0.0566 e. The van der Waals surface area contributed by atoms with E-state index in [-0.39, 0.29) is 18.6 Å². The summed E-state index contributed by atoms with van der Waals surface area (Å²) in [6, 6.07) is 0. The lowest BCUT2D eigenvalue weighted by atomic mass is 9.88. The maximum atomic E-state index is 9.17. The average molecular weight is 204 g/mol. The van der Waals surface area contributed by atoms with Crippen LogP contribution in [0.5, 0.6) is 0 Å². The van der Waals surface area contributed by atoms with Crippen LogP contribution in [0, 0.1) is 10.8 Å². The molecule has 86 valence electrons. The quantitative estimate of drug-likeness (QED) is 0.688. The first-order chi connectivity index (χ1) is 6.39. The second-order valence-corrected chi connectivity index (χ2v) is 5.22. The van der Waals surface area contributed by atoms with Gasteiger partial charge in [0.25, 0.3) is 0 Å². The van der Waals surface area contributed by atoms with Gasteiger partial charge in [-0.3, -0.25) is 0 Å². The third-order valence-corrected chi connectivity index (χ3v) is 2.36. The third-order valence-electron chi connectivity index (χ3n) is 2.36. The zero-order valence-corrected chi connectivity index (χ0v) is 9.84. The van der Waals surface area contributed by atoms with Crippen molar-refractivity contribution in [3.63, 3.8) is 0 Å². The second kappa shape index (κ2) is 5.69. The molecule has 0 aliphatic carbocycles. The molecule has 0 fully saturated rings. The fourth-order valence-corrected chi connectivity index (χ4v) is 1.04. The van der Waals surface area contributed by atoms with Crippen LogP contribution in [0.2, 0.25) is 0 Å². The van der Waals surface area contributed by atoms with Crippen LogP contribution in [-0.2, 0) is 4.74 Å². The molecular formula is C11H24O3. The average Bonchev–Trinajstić information content (AvgIpc) is 2.11. The number of ether oxygens (including phenoxy) is 1. The number of hydrogen-bond donors (Lipinski definition) is 2. The summed E-state index contributed by atoms with van der Waals surface area (Å²) in [5.74, 6) is 0. The summed E-state index contributed by atoms with van der Waals surface area (Å²) in [7, 11) is 0. The Morgan fingerprint density at radius 3 is 1.79 bits per heavy atom. The van der Waals surface area contributed by atoms with Gasteiger partial charge in [-0.2, -0.15) is 0 Å². The molecule has 0 bridgehead atoms. The van der Waals surface area contributed by atoms with Gasteiger partial charge < -0.3 is 14.9 Å². The highest BCUT2D eigenvalue weighted by Crippen LogP contribution is 2.22. The zero-order valence-electron chi connectivity index (χ0n) is 9.84. The van der Waals surface area contributed by atoms with E-state index < -0.39 is 5.41 Å². The Bertz CT molecular complexity index is 137. The Kier molecular flexibility index (Phi) is 5.64. The first kappa shape index (κ1) is 13.9. The zero-order chi connectivity index (χ0) is 11.2. The van der Waals surface area contributed by atoms with Crippen molar-refractivity contribution in [2.24, 2.45) is 10.8 Å². The lowest BCUT2D eigenvalue weighted by Gasteiger charge is -2.29. The van der Waals surface area contributed by atoms with Gasteiger partial charge in [-0.05, 0) is 11.8 Å². The summed E-state index contributed by atoms with van der Waals surface area (Å²) in [5, 5.41) is 18.3. The molecule has 0 spiro atoms. The summed E-state index contributed by atoms with van der Waals surface area (Å²) in [6.45, 7) is 9.26. The molecule has 0 atom stereocenters. The Morgan fingerprint density at radius 2 is 1.50 bits per heavy atom. The Hall–Kier alpha value is -0.120. The van der Waals surface area contributed by atoms with E-state index in [4.69, 9.17) is 14.9 Å². The van der Waals surface area contributed by atoms with Crippen molar-refractivity contribution in [2.75, 3.05) is 26.4 Å². The van der Waals surface area contributed by atoms with Gasteiger partial charge in [0.1, 0.15) is 0 Å². The molecule has 0 unspecified atom stereocenters. The van der Waals surface area contributed by atoms with Gasteiger partial charge in [0.05, 0.1) is 26.4 Å². The van der Waals surface area contributed by atoms with Crippen LogP contribution in [-0.4, -0.2) is 36.6 Å². The molecule has 3 nitrogen and oxygen atoms in total. The van der Waals surface area contributed by atoms with Gasteiger partial charge in [0.15, 0.2) is 0 Å². The van der Waals surface area contributed by atoms with E-state index in [2.05, 4.69) is 20.8 Å². The highest BCUT2D eigenvalue weighted by Gasteiger charge is 2.27. The third kappa shape index (κ3) is 4.94. The van der Waals surface area contributed by atoms with Crippen molar-refractivity contribution in [1.29, 1.82) is 0 Å². The van der Waals surface area contributed by atoms with Crippen LogP contribution in [0.4, 0.5) is 0 Å². The lowest BCUT2D eigenvalue weighted by molar-refractivity contribution is -0.0464. The molecule has 0 aliphatic rings. The molecule has 0 heterocycles. The lowest BCUT2D eigenvalue weighted by Crippen LogP contribution is -2.35. The summed E-state index contributed by atoms with van der Waals surface area (Å²) < 4.78 is 5.52. The van der Waals surface area contributed by atoms with Crippen molar-refractivity contribution < 1.29 is 14.9 Å². The summed E-state index contributed by atoms with van der Waals surface area (Å²) in [5.41, 5.74) is -0.338. The largest absolute Gasteiger partial charge is 0.396 e. The van der Waals surface area contributed by atoms with Crippen molar-refractivity contribution >= 4 is 0 Å². The van der Waals surface area contributed by atoms with E-state index >= 15 is 0 Å². The fraction of sp³-hybridized carbons (Fsp3) is 1.00. The molecule has 0 aromatic rings. The number of hydrogen-bond acceptors (Lipinski definition) is 3. The first-order valence-electron chi connectivity index (χ1n) is 5.18. The molecule has 0 saturated carbocycles. The second-order valence-electron chi connectivity index (χ2n) is 5.22. The van der Waals surface area contributed by atoms with Gasteiger partial charge in [0, 0.05) is 5.41 Å². The number of rotatable bonds is 6. The molecule has 14 heavy (non-hydrogen) atoms. The molecule has 0 aliphatic heterocycles. The van der Waals surface area contributed by atoms with Crippen LogP contribution < -0.4 is 0 Å². The fourth-order valence-electron chi connectivity index (χ4n) is 1.04. The standard InChI is InChI=1S/C11H24O3/c1-5-11(6-12,7-13)9-14-8-10(2,3)4/h12-13H,5-9H2,1-4H3. The SMILES string of the molecule is CCC(CO)(CO)COCC(C)(C)C. The normalized spacial score (nSPS) is 13.3. The molecule has 0 radical (unpaired) electrons. The number of aliphatic hydroxyl groups excluding tert-OH is 2. The number of aliphatic hydroxyl groups is 2. The molecule has 0 saturated heterocycles. The molecular weight excluding hydrogens is 180 g/mol. The molecule has 3 heteroatoms. The van der Waals surface area contributed by atoms with Crippen molar-refractivity contribution in [3.8, 4) is 0 Å². The highest BCUT2D eigenvalue weighted by atomic mass is 16.5. The van der Waals surface area contributed by atoms with Crippen LogP contribution in [0.15, 0.2) is 0 Å². The van der Waals surface area contributed by atoms with Crippen LogP contribution in [0.3, 0.4) is 0 Å². The minimum absolute atomic E-state index is 0.0237. The summed E-state index contributed by atoms with van der Waals surface area (Å²) in [6.07, 6.45) is 0.726. The molecule has 2 N–H and O–H groups in total. The van der Waals surface area contributed by atoms with Crippen LogP contribution in [0.1, 0.15) is 34.1 Å². The van der Waals surface area contributed by atoms with Crippen LogP contribution in [0.25, 0.3) is 0 Å². The van der Waals surface area contributed by atoms with Gasteiger partial charge in [-0.1, -0.05) is 27.7 Å².